The van der Waals surface area contributed by atoms with E-state index in [4.69, 9.17) is 4.74 Å². The molecule has 2 aliphatic carbocycles. The minimum Gasteiger partial charge on any atom is -0.353 e. The van der Waals surface area contributed by atoms with Crippen LogP contribution >= 0.6 is 0 Å². The quantitative estimate of drug-likeness (QED) is 0.884. The topological polar surface area (TPSA) is 58.6 Å². The molecular weight excluding hydrogens is 340 g/mol. The maximum Gasteiger partial charge on any atom is 0.245 e. The second-order valence-corrected chi connectivity index (χ2v) is 8.58. The molecule has 0 aromatic heterocycles. The molecule has 2 amide bonds. The summed E-state index contributed by atoms with van der Waals surface area (Å²) in [6.07, 6.45) is 5.65. The van der Waals surface area contributed by atoms with Crippen molar-refractivity contribution in [1.29, 1.82) is 0 Å². The zero-order valence-corrected chi connectivity index (χ0v) is 16.3. The van der Waals surface area contributed by atoms with Gasteiger partial charge in [-0.3, -0.25) is 14.5 Å². The molecule has 1 heterocycles. The molecule has 1 aliphatic heterocycles. The van der Waals surface area contributed by atoms with Crippen LogP contribution < -0.4 is 5.32 Å². The van der Waals surface area contributed by atoms with E-state index in [-0.39, 0.29) is 23.8 Å². The molecule has 27 heavy (non-hydrogen) atoms. The predicted molar refractivity (Wildman–Crippen MR) is 103 cm³/mol. The number of nitrogens with one attached hydrogen (secondary N) is 1. The third-order valence-corrected chi connectivity index (χ3v) is 6.44. The molecule has 1 spiro atoms. The third-order valence-electron chi connectivity index (χ3n) is 6.44. The summed E-state index contributed by atoms with van der Waals surface area (Å²) < 4.78 is 6.21. The van der Waals surface area contributed by atoms with E-state index >= 15 is 0 Å². The maximum absolute atomic E-state index is 13.1. The van der Waals surface area contributed by atoms with Crippen molar-refractivity contribution >= 4 is 11.8 Å². The van der Waals surface area contributed by atoms with Crippen molar-refractivity contribution in [2.45, 2.75) is 70.2 Å². The standard InChI is InChI=1S/C22H30N2O3/c1-15-10-12-22(13-11-15)24(21(26)18-8-9-18)19(14-27-22)20(25)23-16(2)17-6-4-3-5-7-17/h3-7,15-16,18-19H,8-14H2,1-2H3,(H,23,25)/t15?,16-,19+,22?/m0/s1. The number of carbonyl (C=O) groups is 2. The molecule has 2 saturated carbocycles. The highest BCUT2D eigenvalue weighted by Gasteiger charge is 2.55. The summed E-state index contributed by atoms with van der Waals surface area (Å²) in [7, 11) is 0. The summed E-state index contributed by atoms with van der Waals surface area (Å²) >= 11 is 0. The number of ether oxygens (including phenoxy) is 1. The van der Waals surface area contributed by atoms with Gasteiger partial charge in [-0.1, -0.05) is 37.3 Å². The molecule has 3 aliphatic rings. The molecule has 1 aromatic carbocycles. The van der Waals surface area contributed by atoms with Gasteiger partial charge in [0.05, 0.1) is 12.6 Å². The first-order chi connectivity index (χ1) is 13.0. The van der Waals surface area contributed by atoms with Crippen LogP contribution in [0.15, 0.2) is 30.3 Å². The van der Waals surface area contributed by atoms with Crippen molar-refractivity contribution < 1.29 is 14.3 Å². The van der Waals surface area contributed by atoms with Crippen molar-refractivity contribution in [3.05, 3.63) is 35.9 Å². The normalized spacial score (nSPS) is 31.7. The maximum atomic E-state index is 13.1. The van der Waals surface area contributed by atoms with E-state index in [0.717, 1.165) is 44.1 Å². The fraction of sp³-hybridized carbons (Fsp3) is 0.636. The molecule has 0 unspecified atom stereocenters. The van der Waals surface area contributed by atoms with Crippen molar-refractivity contribution in [3.8, 4) is 0 Å². The van der Waals surface area contributed by atoms with Crippen LogP contribution in [0.1, 0.15) is 64.0 Å². The van der Waals surface area contributed by atoms with E-state index in [1.807, 2.05) is 42.2 Å². The van der Waals surface area contributed by atoms with Crippen LogP contribution in [-0.4, -0.2) is 35.1 Å². The van der Waals surface area contributed by atoms with Crippen LogP contribution in [0.3, 0.4) is 0 Å². The molecule has 4 rings (SSSR count). The average Bonchev–Trinajstić information content (AvgIpc) is 3.46. The van der Waals surface area contributed by atoms with Crippen LogP contribution in [0, 0.1) is 11.8 Å². The first-order valence-electron chi connectivity index (χ1n) is 10.3. The minimum atomic E-state index is -0.565. The van der Waals surface area contributed by atoms with Gasteiger partial charge in [-0.15, -0.1) is 0 Å². The van der Waals surface area contributed by atoms with Crippen LogP contribution in [0.5, 0.6) is 0 Å². The second kappa shape index (κ2) is 7.27. The summed E-state index contributed by atoms with van der Waals surface area (Å²) in [5.41, 5.74) is 0.496. The van der Waals surface area contributed by atoms with E-state index in [1.165, 1.54) is 0 Å². The molecule has 1 saturated heterocycles. The van der Waals surface area contributed by atoms with Crippen molar-refractivity contribution in [2.75, 3.05) is 6.61 Å². The first-order valence-corrected chi connectivity index (χ1v) is 10.3. The number of nitrogens with zero attached hydrogens (tertiary/aromatic N) is 1. The van der Waals surface area contributed by atoms with E-state index in [9.17, 15) is 9.59 Å². The van der Waals surface area contributed by atoms with Crippen LogP contribution in [0.25, 0.3) is 0 Å². The molecule has 2 atom stereocenters. The Morgan fingerprint density at radius 3 is 2.44 bits per heavy atom. The Kier molecular flexibility index (Phi) is 4.97. The number of hydrogen-bond donors (Lipinski definition) is 1. The van der Waals surface area contributed by atoms with Gasteiger partial charge in [-0.05, 0) is 56.9 Å². The number of hydrogen-bond acceptors (Lipinski definition) is 3. The fourth-order valence-electron chi connectivity index (χ4n) is 4.47. The molecule has 1 N–H and O–H groups in total. The summed E-state index contributed by atoms with van der Waals surface area (Å²) in [6, 6.07) is 9.31. The number of carbonyl (C=O) groups excluding carboxylic acids is 2. The highest BCUT2D eigenvalue weighted by Crippen LogP contribution is 2.45. The molecule has 5 nitrogen and oxygen atoms in total. The Bertz CT molecular complexity index is 693. The lowest BCUT2D eigenvalue weighted by atomic mass is 9.83. The smallest absolute Gasteiger partial charge is 0.245 e. The zero-order valence-electron chi connectivity index (χ0n) is 16.3. The predicted octanol–water partition coefficient (Wildman–Crippen LogP) is 3.41. The number of rotatable bonds is 4. The van der Waals surface area contributed by atoms with Crippen LogP contribution in [-0.2, 0) is 14.3 Å². The number of benzene rings is 1. The van der Waals surface area contributed by atoms with Gasteiger partial charge in [0.2, 0.25) is 11.8 Å². The van der Waals surface area contributed by atoms with E-state index in [2.05, 4.69) is 12.2 Å². The summed E-state index contributed by atoms with van der Waals surface area (Å²) in [6.45, 7) is 4.54. The van der Waals surface area contributed by atoms with Gasteiger partial charge >= 0.3 is 0 Å². The Morgan fingerprint density at radius 2 is 1.81 bits per heavy atom. The summed E-state index contributed by atoms with van der Waals surface area (Å²) in [4.78, 5) is 28.0. The van der Waals surface area contributed by atoms with Gasteiger partial charge in [0.1, 0.15) is 11.8 Å². The Morgan fingerprint density at radius 1 is 1.15 bits per heavy atom. The molecule has 5 heteroatoms. The van der Waals surface area contributed by atoms with Crippen molar-refractivity contribution in [3.63, 3.8) is 0 Å². The highest BCUT2D eigenvalue weighted by molar-refractivity contribution is 5.90. The summed E-state index contributed by atoms with van der Waals surface area (Å²) in [5.74, 6) is 0.762. The average molecular weight is 370 g/mol. The van der Waals surface area contributed by atoms with E-state index in [0.29, 0.717) is 12.5 Å². The lowest BCUT2D eigenvalue weighted by molar-refractivity contribution is -0.162. The molecule has 3 fully saturated rings. The second-order valence-electron chi connectivity index (χ2n) is 8.58. The third kappa shape index (κ3) is 3.62. The van der Waals surface area contributed by atoms with Gasteiger partial charge in [-0.2, -0.15) is 0 Å². The van der Waals surface area contributed by atoms with E-state index in [1.54, 1.807) is 0 Å². The minimum absolute atomic E-state index is 0.0878. The lowest BCUT2D eigenvalue weighted by Gasteiger charge is -2.43. The fourth-order valence-corrected chi connectivity index (χ4v) is 4.47. The van der Waals surface area contributed by atoms with Gasteiger partial charge in [0.25, 0.3) is 0 Å². The lowest BCUT2D eigenvalue weighted by Crippen LogP contribution is -2.57. The monoisotopic (exact) mass is 370 g/mol. The Labute approximate surface area is 161 Å². The molecule has 0 radical (unpaired) electrons. The van der Waals surface area contributed by atoms with Gasteiger partial charge < -0.3 is 10.1 Å². The highest BCUT2D eigenvalue weighted by atomic mass is 16.5. The van der Waals surface area contributed by atoms with Crippen LogP contribution in [0.2, 0.25) is 0 Å². The van der Waals surface area contributed by atoms with Gasteiger partial charge in [0, 0.05) is 5.92 Å². The molecule has 0 bridgehead atoms. The van der Waals surface area contributed by atoms with Crippen molar-refractivity contribution in [1.82, 2.24) is 10.2 Å². The first kappa shape index (κ1) is 18.5. The summed E-state index contributed by atoms with van der Waals surface area (Å²) in [5, 5.41) is 3.10. The van der Waals surface area contributed by atoms with Crippen molar-refractivity contribution in [2.24, 2.45) is 11.8 Å². The Balaban J connectivity index is 1.52. The van der Waals surface area contributed by atoms with E-state index < -0.39 is 11.8 Å². The van der Waals surface area contributed by atoms with Crippen LogP contribution in [0.4, 0.5) is 0 Å². The molecule has 1 aromatic rings. The Hall–Kier alpha value is -1.88. The molecular formula is C22H30N2O3. The van der Waals surface area contributed by atoms with Gasteiger partial charge in [-0.25, -0.2) is 0 Å². The largest absolute Gasteiger partial charge is 0.353 e. The SMILES string of the molecule is CC1CCC2(CC1)OC[C@H](C(=O)N[C@@H](C)c1ccccc1)N2C(=O)C1CC1. The number of amides is 2. The zero-order chi connectivity index (χ0) is 19.0. The van der Waals surface area contributed by atoms with Gasteiger partial charge in [0.15, 0.2) is 0 Å². The molecule has 146 valence electrons.